The normalized spacial score (nSPS) is 14.4. The Hall–Kier alpha value is -1.06. The van der Waals surface area contributed by atoms with Gasteiger partial charge in [0.2, 0.25) is 0 Å². The number of ether oxygens (including phenoxy) is 1. The number of nitrogens with one attached hydrogen (secondary N) is 1. The van der Waals surface area contributed by atoms with Gasteiger partial charge in [0.25, 0.3) is 0 Å². The molecule has 1 aromatic rings. The van der Waals surface area contributed by atoms with Crippen molar-refractivity contribution in [3.63, 3.8) is 0 Å². The van der Waals surface area contributed by atoms with Gasteiger partial charge in [-0.1, -0.05) is 13.0 Å². The van der Waals surface area contributed by atoms with Gasteiger partial charge in [0, 0.05) is 6.54 Å². The molecule has 0 aromatic heterocycles. The van der Waals surface area contributed by atoms with Crippen molar-refractivity contribution in [2.24, 2.45) is 0 Å². The summed E-state index contributed by atoms with van der Waals surface area (Å²) in [6.45, 7) is 9.54. The van der Waals surface area contributed by atoms with Gasteiger partial charge in [-0.05, 0) is 50.6 Å². The molecule has 1 unspecified atom stereocenters. The summed E-state index contributed by atoms with van der Waals surface area (Å²) < 4.78 is 5.64. The number of hydrogen-bond donors (Lipinski definition) is 2. The molecule has 0 bridgehead atoms. The van der Waals surface area contributed by atoms with Crippen molar-refractivity contribution < 1.29 is 9.84 Å². The van der Waals surface area contributed by atoms with Crippen LogP contribution in [0.1, 0.15) is 25.0 Å². The molecule has 0 aliphatic heterocycles. The van der Waals surface area contributed by atoms with E-state index in [2.05, 4.69) is 11.4 Å². The molecule has 2 N–H and O–H groups in total. The van der Waals surface area contributed by atoms with Crippen LogP contribution in [0.5, 0.6) is 5.75 Å². The van der Waals surface area contributed by atoms with Gasteiger partial charge in [-0.3, -0.25) is 0 Å². The Morgan fingerprint density at radius 1 is 1.24 bits per heavy atom. The Balaban J connectivity index is 2.54. The Morgan fingerprint density at radius 2 is 1.82 bits per heavy atom. The maximum Gasteiger partial charge on any atom is 0.119 e. The Kier molecular flexibility index (Phi) is 4.97. The first-order valence-electron chi connectivity index (χ1n) is 6.07. The van der Waals surface area contributed by atoms with Crippen LogP contribution < -0.4 is 10.1 Å². The van der Waals surface area contributed by atoms with Gasteiger partial charge in [0.15, 0.2) is 0 Å². The molecule has 1 atom stereocenters. The summed E-state index contributed by atoms with van der Waals surface area (Å²) in [7, 11) is 0. The van der Waals surface area contributed by atoms with E-state index >= 15 is 0 Å². The highest BCUT2D eigenvalue weighted by Gasteiger charge is 2.20. The summed E-state index contributed by atoms with van der Waals surface area (Å²) in [5.41, 5.74) is 1.51. The van der Waals surface area contributed by atoms with E-state index in [4.69, 9.17) is 4.74 Å². The van der Waals surface area contributed by atoms with Crippen LogP contribution in [0.25, 0.3) is 0 Å². The van der Waals surface area contributed by atoms with Crippen LogP contribution in [-0.4, -0.2) is 30.4 Å². The van der Waals surface area contributed by atoms with E-state index in [1.54, 1.807) is 6.92 Å². The first-order valence-corrected chi connectivity index (χ1v) is 6.07. The number of likely N-dealkylation sites (N-methyl/N-ethyl adjacent to an activating group) is 1. The van der Waals surface area contributed by atoms with Gasteiger partial charge in [-0.2, -0.15) is 0 Å². The van der Waals surface area contributed by atoms with Crippen molar-refractivity contribution in [3.05, 3.63) is 29.3 Å². The van der Waals surface area contributed by atoms with Gasteiger partial charge in [-0.15, -0.1) is 0 Å². The summed E-state index contributed by atoms with van der Waals surface area (Å²) in [6.07, 6.45) is 0. The molecule has 1 rings (SSSR count). The minimum absolute atomic E-state index is 0.295. The average molecular weight is 237 g/mol. The summed E-state index contributed by atoms with van der Waals surface area (Å²) >= 11 is 0. The van der Waals surface area contributed by atoms with Crippen molar-refractivity contribution in [2.75, 3.05) is 19.7 Å². The Labute approximate surface area is 104 Å². The lowest BCUT2D eigenvalue weighted by atomic mass is 10.1. The number of aliphatic hydroxyl groups is 1. The van der Waals surface area contributed by atoms with Gasteiger partial charge in [0.1, 0.15) is 18.0 Å². The summed E-state index contributed by atoms with van der Waals surface area (Å²) in [5, 5.41) is 13.2. The summed E-state index contributed by atoms with van der Waals surface area (Å²) in [5.74, 6) is 0.819. The number of benzene rings is 1. The standard InChI is InChI=1S/C14H23NO2/c1-5-15-9-14(4,16)10-17-13-7-11(2)6-12(3)8-13/h6-8,15-16H,5,9-10H2,1-4H3. The summed E-state index contributed by atoms with van der Waals surface area (Å²) in [6, 6.07) is 6.07. The van der Waals surface area contributed by atoms with Gasteiger partial charge in [0.05, 0.1) is 0 Å². The van der Waals surface area contributed by atoms with E-state index in [0.717, 1.165) is 12.3 Å². The molecular formula is C14H23NO2. The predicted octanol–water partition coefficient (Wildman–Crippen LogP) is 2.04. The smallest absolute Gasteiger partial charge is 0.119 e. The van der Waals surface area contributed by atoms with Crippen LogP contribution in [0, 0.1) is 13.8 Å². The quantitative estimate of drug-likeness (QED) is 0.795. The van der Waals surface area contributed by atoms with Crippen molar-refractivity contribution in [1.29, 1.82) is 0 Å². The molecule has 0 fully saturated rings. The van der Waals surface area contributed by atoms with Crippen molar-refractivity contribution >= 4 is 0 Å². The van der Waals surface area contributed by atoms with Gasteiger partial charge < -0.3 is 15.2 Å². The van der Waals surface area contributed by atoms with E-state index in [1.165, 1.54) is 11.1 Å². The third-order valence-corrected chi connectivity index (χ3v) is 2.50. The first kappa shape index (κ1) is 14.0. The molecule has 0 heterocycles. The van der Waals surface area contributed by atoms with Crippen molar-refractivity contribution in [1.82, 2.24) is 5.32 Å². The molecule has 96 valence electrons. The predicted molar refractivity (Wildman–Crippen MR) is 70.6 cm³/mol. The second-order valence-electron chi connectivity index (χ2n) is 4.89. The lowest BCUT2D eigenvalue weighted by Crippen LogP contribution is -2.42. The van der Waals surface area contributed by atoms with Gasteiger partial charge >= 0.3 is 0 Å². The highest BCUT2D eigenvalue weighted by molar-refractivity contribution is 5.33. The van der Waals surface area contributed by atoms with E-state index in [9.17, 15) is 5.11 Å². The fourth-order valence-corrected chi connectivity index (χ4v) is 1.70. The zero-order valence-corrected chi connectivity index (χ0v) is 11.2. The third kappa shape index (κ3) is 5.20. The third-order valence-electron chi connectivity index (χ3n) is 2.50. The lowest BCUT2D eigenvalue weighted by molar-refractivity contribution is 0.0127. The number of rotatable bonds is 6. The molecule has 0 saturated carbocycles. The first-order chi connectivity index (χ1) is 7.93. The molecular weight excluding hydrogens is 214 g/mol. The molecule has 0 amide bonds. The Morgan fingerprint density at radius 3 is 2.35 bits per heavy atom. The molecule has 0 spiro atoms. The van der Waals surface area contributed by atoms with Crippen LogP contribution in [0.15, 0.2) is 18.2 Å². The van der Waals surface area contributed by atoms with Crippen LogP contribution in [0.2, 0.25) is 0 Å². The number of aryl methyl sites for hydroxylation is 2. The summed E-state index contributed by atoms with van der Waals surface area (Å²) in [4.78, 5) is 0. The molecule has 0 aliphatic rings. The topological polar surface area (TPSA) is 41.5 Å². The fraction of sp³-hybridized carbons (Fsp3) is 0.571. The Bertz CT molecular complexity index is 341. The maximum atomic E-state index is 10.1. The molecule has 0 saturated heterocycles. The SMILES string of the molecule is CCNCC(C)(O)COc1cc(C)cc(C)c1. The zero-order chi connectivity index (χ0) is 12.9. The highest BCUT2D eigenvalue weighted by Crippen LogP contribution is 2.17. The van der Waals surface area contributed by atoms with Crippen molar-refractivity contribution in [2.45, 2.75) is 33.3 Å². The van der Waals surface area contributed by atoms with Crippen LogP contribution in [-0.2, 0) is 0 Å². The highest BCUT2D eigenvalue weighted by atomic mass is 16.5. The molecule has 0 radical (unpaired) electrons. The molecule has 3 nitrogen and oxygen atoms in total. The number of hydrogen-bond acceptors (Lipinski definition) is 3. The fourth-order valence-electron chi connectivity index (χ4n) is 1.70. The largest absolute Gasteiger partial charge is 0.491 e. The monoisotopic (exact) mass is 237 g/mol. The minimum Gasteiger partial charge on any atom is -0.491 e. The molecule has 0 aliphatic carbocycles. The second-order valence-corrected chi connectivity index (χ2v) is 4.89. The molecule has 17 heavy (non-hydrogen) atoms. The van der Waals surface area contributed by atoms with E-state index in [-0.39, 0.29) is 0 Å². The molecule has 1 aromatic carbocycles. The van der Waals surface area contributed by atoms with Crippen LogP contribution in [0.3, 0.4) is 0 Å². The van der Waals surface area contributed by atoms with Crippen LogP contribution >= 0.6 is 0 Å². The van der Waals surface area contributed by atoms with Crippen molar-refractivity contribution in [3.8, 4) is 5.75 Å². The van der Waals surface area contributed by atoms with Crippen LogP contribution in [0.4, 0.5) is 0 Å². The van der Waals surface area contributed by atoms with E-state index < -0.39 is 5.60 Å². The minimum atomic E-state index is -0.840. The second kappa shape index (κ2) is 6.03. The van der Waals surface area contributed by atoms with E-state index in [1.807, 2.05) is 32.9 Å². The van der Waals surface area contributed by atoms with E-state index in [0.29, 0.717) is 13.2 Å². The zero-order valence-electron chi connectivity index (χ0n) is 11.2. The lowest BCUT2D eigenvalue weighted by Gasteiger charge is -2.23. The van der Waals surface area contributed by atoms with Gasteiger partial charge in [-0.25, -0.2) is 0 Å². The maximum absolute atomic E-state index is 10.1. The average Bonchev–Trinajstić information content (AvgIpc) is 2.23. The molecule has 3 heteroatoms.